The van der Waals surface area contributed by atoms with Gasteiger partial charge in [0, 0.05) is 30.1 Å². The van der Waals surface area contributed by atoms with Crippen molar-refractivity contribution >= 4 is 23.2 Å². The van der Waals surface area contributed by atoms with E-state index in [0.29, 0.717) is 11.7 Å². The average molecular weight is 395 g/mol. The van der Waals surface area contributed by atoms with Crippen LogP contribution < -0.4 is 4.90 Å². The Labute approximate surface area is 167 Å². The van der Waals surface area contributed by atoms with Gasteiger partial charge < -0.3 is 15.1 Å². The van der Waals surface area contributed by atoms with Gasteiger partial charge in [0.05, 0.1) is 5.56 Å². The summed E-state index contributed by atoms with van der Waals surface area (Å²) in [5.74, 6) is -0.587. The molecule has 0 bridgehead atoms. The molecule has 0 spiro atoms. The third kappa shape index (κ3) is 3.29. The lowest BCUT2D eigenvalue weighted by atomic mass is 9.96. The number of nitrogens with zero attached hydrogens (tertiary/aromatic N) is 2. The Kier molecular flexibility index (Phi) is 4.69. The monoisotopic (exact) mass is 394 g/mol. The van der Waals surface area contributed by atoms with Crippen molar-refractivity contribution in [2.24, 2.45) is 0 Å². The Balaban J connectivity index is 1.70. The number of halogens is 1. The minimum Gasteiger partial charge on any atom is -0.508 e. The van der Waals surface area contributed by atoms with Crippen molar-refractivity contribution in [1.29, 1.82) is 0 Å². The van der Waals surface area contributed by atoms with Gasteiger partial charge in [-0.1, -0.05) is 17.7 Å². The van der Waals surface area contributed by atoms with Crippen LogP contribution in [0.25, 0.3) is 11.1 Å². The van der Waals surface area contributed by atoms with Crippen LogP contribution in [0.5, 0.6) is 11.5 Å². The fourth-order valence-corrected chi connectivity index (χ4v) is 3.65. The van der Waals surface area contributed by atoms with Crippen molar-refractivity contribution in [2.45, 2.75) is 19.8 Å². The van der Waals surface area contributed by atoms with E-state index in [1.165, 1.54) is 18.2 Å². The third-order valence-corrected chi connectivity index (χ3v) is 5.40. The molecule has 1 aliphatic rings. The van der Waals surface area contributed by atoms with Gasteiger partial charge in [-0.25, -0.2) is 4.98 Å². The smallest absolute Gasteiger partial charge is 0.262 e. The maximum Gasteiger partial charge on any atom is 0.262 e. The highest BCUT2D eigenvalue weighted by molar-refractivity contribution is 6.30. The van der Waals surface area contributed by atoms with Gasteiger partial charge in [0.2, 0.25) is 0 Å². The molecular weight excluding hydrogens is 376 g/mol. The molecule has 3 aromatic rings. The van der Waals surface area contributed by atoms with Gasteiger partial charge in [-0.3, -0.25) is 4.79 Å². The molecular formula is C22H19ClN2O3. The zero-order chi connectivity index (χ0) is 19.8. The topological polar surface area (TPSA) is 73.7 Å². The van der Waals surface area contributed by atoms with E-state index < -0.39 is 0 Å². The van der Waals surface area contributed by atoms with E-state index in [9.17, 15) is 15.0 Å². The number of phenols is 2. The largest absolute Gasteiger partial charge is 0.508 e. The number of phenolic OH excluding ortho intramolecular Hbond substituents is 2. The van der Waals surface area contributed by atoms with E-state index in [1.54, 1.807) is 11.1 Å². The van der Waals surface area contributed by atoms with Crippen LogP contribution >= 0.6 is 11.6 Å². The zero-order valence-electron chi connectivity index (χ0n) is 15.3. The highest BCUT2D eigenvalue weighted by Crippen LogP contribution is 2.34. The molecule has 2 heterocycles. The number of hydrogen-bond donors (Lipinski definition) is 2. The van der Waals surface area contributed by atoms with Gasteiger partial charge in [-0.05, 0) is 66.8 Å². The van der Waals surface area contributed by atoms with Gasteiger partial charge in [-0.2, -0.15) is 0 Å². The summed E-state index contributed by atoms with van der Waals surface area (Å²) in [6.45, 7) is 2.49. The predicted molar refractivity (Wildman–Crippen MR) is 109 cm³/mol. The second-order valence-corrected chi connectivity index (χ2v) is 7.30. The maximum atomic E-state index is 13.0. The molecule has 1 aromatic heterocycles. The van der Waals surface area contributed by atoms with Crippen molar-refractivity contribution in [1.82, 2.24) is 4.98 Å². The first-order valence-corrected chi connectivity index (χ1v) is 9.41. The standard InChI is InChI=1S/C22H19ClN2O3/c1-13-9-16(12-24-21(13)23)14-4-7-19-15(10-14)3-2-8-25(19)22(28)18-6-5-17(26)11-20(18)27/h4-7,9-12,26-27H,2-3,8H2,1H3. The molecule has 6 heteroatoms. The Morgan fingerprint density at radius 3 is 2.68 bits per heavy atom. The average Bonchev–Trinajstić information content (AvgIpc) is 2.68. The van der Waals surface area contributed by atoms with E-state index in [4.69, 9.17) is 11.6 Å². The number of aromatic nitrogens is 1. The van der Waals surface area contributed by atoms with Gasteiger partial charge in [0.15, 0.2) is 0 Å². The highest BCUT2D eigenvalue weighted by Gasteiger charge is 2.25. The van der Waals surface area contributed by atoms with E-state index in [1.807, 2.05) is 25.1 Å². The number of carbonyl (C=O) groups excluding carboxylic acids is 1. The predicted octanol–water partition coefficient (Wildman–Crippen LogP) is 4.71. The van der Waals surface area contributed by atoms with Crippen LogP contribution in [0.1, 0.15) is 27.9 Å². The molecule has 4 rings (SSSR count). The first-order valence-electron chi connectivity index (χ1n) is 9.03. The molecule has 5 nitrogen and oxygen atoms in total. The molecule has 1 aliphatic heterocycles. The van der Waals surface area contributed by atoms with Crippen LogP contribution in [0.3, 0.4) is 0 Å². The minimum atomic E-state index is -0.282. The van der Waals surface area contributed by atoms with Crippen LogP contribution in [-0.2, 0) is 6.42 Å². The second kappa shape index (κ2) is 7.17. The van der Waals surface area contributed by atoms with Crippen LogP contribution in [-0.4, -0.2) is 27.6 Å². The lowest BCUT2D eigenvalue weighted by Crippen LogP contribution is -2.35. The first kappa shape index (κ1) is 18.3. The normalized spacial score (nSPS) is 13.3. The summed E-state index contributed by atoms with van der Waals surface area (Å²) >= 11 is 6.03. The molecule has 0 saturated heterocycles. The highest BCUT2D eigenvalue weighted by atomic mass is 35.5. The fourth-order valence-electron chi connectivity index (χ4n) is 3.55. The van der Waals surface area contributed by atoms with Crippen molar-refractivity contribution in [3.05, 3.63) is 70.5 Å². The number of amides is 1. The number of carbonyl (C=O) groups is 1. The van der Waals surface area contributed by atoms with Crippen LogP contribution in [0, 0.1) is 6.92 Å². The lowest BCUT2D eigenvalue weighted by molar-refractivity contribution is 0.0982. The Bertz CT molecular complexity index is 1080. The van der Waals surface area contributed by atoms with Crippen molar-refractivity contribution in [3.63, 3.8) is 0 Å². The Morgan fingerprint density at radius 2 is 1.93 bits per heavy atom. The summed E-state index contributed by atoms with van der Waals surface area (Å²) in [4.78, 5) is 18.9. The van der Waals surface area contributed by atoms with Crippen LogP contribution in [0.2, 0.25) is 5.15 Å². The number of pyridine rings is 1. The molecule has 28 heavy (non-hydrogen) atoms. The molecule has 2 N–H and O–H groups in total. The lowest BCUT2D eigenvalue weighted by Gasteiger charge is -2.30. The third-order valence-electron chi connectivity index (χ3n) is 5.00. The van der Waals surface area contributed by atoms with Crippen molar-refractivity contribution in [2.75, 3.05) is 11.4 Å². The Morgan fingerprint density at radius 1 is 1.11 bits per heavy atom. The second-order valence-electron chi connectivity index (χ2n) is 6.94. The summed E-state index contributed by atoms with van der Waals surface area (Å²) in [5.41, 5.74) is 5.00. The summed E-state index contributed by atoms with van der Waals surface area (Å²) in [6, 6.07) is 12.0. The summed E-state index contributed by atoms with van der Waals surface area (Å²) in [6.07, 6.45) is 3.45. The molecule has 0 atom stereocenters. The molecule has 1 amide bonds. The number of fused-ring (bicyclic) bond motifs is 1. The molecule has 0 aliphatic carbocycles. The number of aryl methyl sites for hydroxylation is 2. The number of rotatable bonds is 2. The van der Waals surface area contributed by atoms with Crippen LogP contribution in [0.15, 0.2) is 48.7 Å². The molecule has 0 fully saturated rings. The number of benzene rings is 2. The molecule has 142 valence electrons. The first-order chi connectivity index (χ1) is 13.4. The maximum absolute atomic E-state index is 13.0. The molecule has 0 saturated carbocycles. The Hall–Kier alpha value is -3.05. The van der Waals surface area contributed by atoms with Gasteiger partial charge >= 0.3 is 0 Å². The van der Waals surface area contributed by atoms with Crippen molar-refractivity contribution in [3.8, 4) is 22.6 Å². The summed E-state index contributed by atoms with van der Waals surface area (Å²) in [7, 11) is 0. The quantitative estimate of drug-likeness (QED) is 0.617. The van der Waals surface area contributed by atoms with Gasteiger partial charge in [0.1, 0.15) is 16.7 Å². The molecule has 2 aromatic carbocycles. The number of hydrogen-bond acceptors (Lipinski definition) is 4. The molecule has 0 radical (unpaired) electrons. The zero-order valence-corrected chi connectivity index (χ0v) is 16.1. The van der Waals surface area contributed by atoms with E-state index >= 15 is 0 Å². The number of anilines is 1. The van der Waals surface area contributed by atoms with Gasteiger partial charge in [0.25, 0.3) is 5.91 Å². The van der Waals surface area contributed by atoms with E-state index in [-0.39, 0.29) is 23.0 Å². The SMILES string of the molecule is Cc1cc(-c2ccc3c(c2)CCCN3C(=O)c2ccc(O)cc2O)cnc1Cl. The van der Waals surface area contributed by atoms with Crippen LogP contribution in [0.4, 0.5) is 5.69 Å². The van der Waals surface area contributed by atoms with E-state index in [0.717, 1.165) is 40.8 Å². The minimum absolute atomic E-state index is 0.0791. The molecule has 0 unspecified atom stereocenters. The van der Waals surface area contributed by atoms with Crippen molar-refractivity contribution < 1.29 is 15.0 Å². The number of aromatic hydroxyl groups is 2. The summed E-state index contributed by atoms with van der Waals surface area (Å²) in [5, 5.41) is 20.0. The summed E-state index contributed by atoms with van der Waals surface area (Å²) < 4.78 is 0. The van der Waals surface area contributed by atoms with E-state index in [2.05, 4.69) is 11.1 Å². The van der Waals surface area contributed by atoms with Gasteiger partial charge in [-0.15, -0.1) is 0 Å². The fraction of sp³-hybridized carbons (Fsp3) is 0.182.